The second-order valence-electron chi connectivity index (χ2n) is 4.45. The van der Waals surface area contributed by atoms with Crippen molar-refractivity contribution in [2.75, 3.05) is 5.32 Å². The number of anilines is 1. The first kappa shape index (κ1) is 15.1. The average molecular weight is 308 g/mol. The molecule has 0 aliphatic rings. The highest BCUT2D eigenvalue weighted by Gasteiger charge is 2.16. The van der Waals surface area contributed by atoms with Gasteiger partial charge in [0.15, 0.2) is 0 Å². The lowest BCUT2D eigenvalue weighted by molar-refractivity contribution is 0.102. The van der Waals surface area contributed by atoms with Crippen LogP contribution in [-0.2, 0) is 10.0 Å². The molecular weight excluding hydrogens is 295 g/mol. The third-order valence-electron chi connectivity index (χ3n) is 2.87. The van der Waals surface area contributed by atoms with Crippen LogP contribution in [-0.4, -0.2) is 14.3 Å². The molecule has 0 heterocycles. The summed E-state index contributed by atoms with van der Waals surface area (Å²) in [4.78, 5) is 12.0. The molecule has 2 aromatic carbocycles. The number of para-hydroxylation sites is 1. The van der Waals surface area contributed by atoms with Gasteiger partial charge in [-0.25, -0.2) is 17.9 Å². The summed E-state index contributed by atoms with van der Waals surface area (Å²) in [5.74, 6) is -0.988. The zero-order chi connectivity index (χ0) is 15.6. The second-order valence-corrected chi connectivity index (χ2v) is 5.98. The van der Waals surface area contributed by atoms with Crippen LogP contribution in [0.2, 0.25) is 0 Å². The molecule has 0 aliphatic carbocycles. The Balaban J connectivity index is 2.37. The molecule has 2 rings (SSSR count). The molecular formula is C14H13FN2O3S. The second kappa shape index (κ2) is 5.63. The van der Waals surface area contributed by atoms with E-state index in [4.69, 9.17) is 5.14 Å². The summed E-state index contributed by atoms with van der Waals surface area (Å²) >= 11 is 0. The predicted octanol–water partition coefficient (Wildman–Crippen LogP) is 2.03. The Hall–Kier alpha value is -2.25. The number of nitrogens with two attached hydrogens (primary N) is 1. The Morgan fingerprint density at radius 3 is 2.48 bits per heavy atom. The van der Waals surface area contributed by atoms with Crippen molar-refractivity contribution in [3.63, 3.8) is 0 Å². The molecule has 0 saturated carbocycles. The number of carbonyl (C=O) groups excluding carboxylic acids is 1. The maximum atomic E-state index is 13.0. The van der Waals surface area contributed by atoms with Gasteiger partial charge in [-0.1, -0.05) is 12.1 Å². The van der Waals surface area contributed by atoms with Gasteiger partial charge in [0.1, 0.15) is 10.7 Å². The van der Waals surface area contributed by atoms with Crippen LogP contribution in [0.25, 0.3) is 0 Å². The maximum Gasteiger partial charge on any atom is 0.255 e. The van der Waals surface area contributed by atoms with E-state index in [-0.39, 0.29) is 16.1 Å². The normalized spacial score (nSPS) is 11.2. The summed E-state index contributed by atoms with van der Waals surface area (Å²) in [6.07, 6.45) is 0. The number of primary sulfonamides is 1. The monoisotopic (exact) mass is 308 g/mol. The molecule has 0 spiro atoms. The summed E-state index contributed by atoms with van der Waals surface area (Å²) in [7, 11) is -3.95. The topological polar surface area (TPSA) is 89.3 Å². The summed E-state index contributed by atoms with van der Waals surface area (Å²) in [5.41, 5.74) is 0.773. The van der Waals surface area contributed by atoms with E-state index in [0.29, 0.717) is 5.56 Å². The van der Waals surface area contributed by atoms with Gasteiger partial charge in [0.2, 0.25) is 10.0 Å². The van der Waals surface area contributed by atoms with Crippen LogP contribution in [0.3, 0.4) is 0 Å². The van der Waals surface area contributed by atoms with Gasteiger partial charge in [0.25, 0.3) is 5.91 Å². The lowest BCUT2D eigenvalue weighted by Crippen LogP contribution is -2.19. The lowest BCUT2D eigenvalue weighted by Gasteiger charge is -2.10. The highest BCUT2D eigenvalue weighted by Crippen LogP contribution is 2.21. The number of halogens is 1. The zero-order valence-corrected chi connectivity index (χ0v) is 11.9. The van der Waals surface area contributed by atoms with E-state index in [0.717, 1.165) is 6.07 Å². The Morgan fingerprint density at radius 1 is 1.19 bits per heavy atom. The van der Waals surface area contributed by atoms with Gasteiger partial charge < -0.3 is 5.32 Å². The fraction of sp³-hybridized carbons (Fsp3) is 0.0714. The Kier molecular flexibility index (Phi) is 4.06. The van der Waals surface area contributed by atoms with Crippen LogP contribution >= 0.6 is 0 Å². The summed E-state index contributed by atoms with van der Waals surface area (Å²) in [6.45, 7) is 1.59. The predicted molar refractivity (Wildman–Crippen MR) is 76.9 cm³/mol. The SMILES string of the molecule is Cc1cc(F)ccc1C(=O)Nc1ccccc1S(N)(=O)=O. The molecule has 7 heteroatoms. The molecule has 5 nitrogen and oxygen atoms in total. The van der Waals surface area contributed by atoms with Crippen molar-refractivity contribution in [2.24, 2.45) is 5.14 Å². The van der Waals surface area contributed by atoms with Crippen LogP contribution < -0.4 is 10.5 Å². The molecule has 0 radical (unpaired) electrons. The molecule has 0 unspecified atom stereocenters. The van der Waals surface area contributed by atoms with E-state index in [9.17, 15) is 17.6 Å². The quantitative estimate of drug-likeness (QED) is 0.909. The smallest absolute Gasteiger partial charge is 0.255 e. The maximum absolute atomic E-state index is 13.0. The summed E-state index contributed by atoms with van der Waals surface area (Å²) < 4.78 is 36.0. The molecule has 0 saturated heterocycles. The van der Waals surface area contributed by atoms with Gasteiger partial charge in [0, 0.05) is 5.56 Å². The van der Waals surface area contributed by atoms with E-state index in [2.05, 4.69) is 5.32 Å². The molecule has 1 amide bonds. The van der Waals surface area contributed by atoms with Crippen LogP contribution in [0.4, 0.5) is 10.1 Å². The minimum absolute atomic E-state index is 0.0775. The van der Waals surface area contributed by atoms with E-state index < -0.39 is 21.7 Å². The largest absolute Gasteiger partial charge is 0.321 e. The summed E-state index contributed by atoms with van der Waals surface area (Å²) in [6, 6.07) is 9.51. The Bertz CT molecular complexity index is 804. The van der Waals surface area contributed by atoms with Crippen molar-refractivity contribution in [1.29, 1.82) is 0 Å². The van der Waals surface area contributed by atoms with E-state index in [1.54, 1.807) is 13.0 Å². The fourth-order valence-electron chi connectivity index (χ4n) is 1.89. The van der Waals surface area contributed by atoms with Crippen molar-refractivity contribution >= 4 is 21.6 Å². The highest BCUT2D eigenvalue weighted by molar-refractivity contribution is 7.89. The molecule has 0 aromatic heterocycles. The molecule has 2 aromatic rings. The van der Waals surface area contributed by atoms with Gasteiger partial charge in [0.05, 0.1) is 5.69 Å². The van der Waals surface area contributed by atoms with Crippen LogP contribution in [0.5, 0.6) is 0 Å². The lowest BCUT2D eigenvalue weighted by atomic mass is 10.1. The van der Waals surface area contributed by atoms with Gasteiger partial charge in [-0.05, 0) is 42.8 Å². The van der Waals surface area contributed by atoms with Gasteiger partial charge >= 0.3 is 0 Å². The minimum Gasteiger partial charge on any atom is -0.321 e. The van der Waals surface area contributed by atoms with Crippen LogP contribution in [0.1, 0.15) is 15.9 Å². The molecule has 3 N–H and O–H groups in total. The fourth-order valence-corrected chi connectivity index (χ4v) is 2.58. The Labute approximate surface area is 121 Å². The summed E-state index contributed by atoms with van der Waals surface area (Å²) in [5, 5.41) is 7.57. The van der Waals surface area contributed by atoms with Crippen LogP contribution in [0, 0.1) is 12.7 Å². The average Bonchev–Trinajstić information content (AvgIpc) is 2.37. The molecule has 0 fully saturated rings. The molecule has 0 atom stereocenters. The Morgan fingerprint density at radius 2 is 1.86 bits per heavy atom. The van der Waals surface area contributed by atoms with Crippen molar-refractivity contribution in [3.05, 3.63) is 59.4 Å². The van der Waals surface area contributed by atoms with E-state index >= 15 is 0 Å². The van der Waals surface area contributed by atoms with E-state index in [1.807, 2.05) is 0 Å². The number of benzene rings is 2. The number of nitrogens with one attached hydrogen (secondary N) is 1. The third-order valence-corrected chi connectivity index (χ3v) is 3.84. The number of hydrogen-bond acceptors (Lipinski definition) is 3. The number of carbonyl (C=O) groups is 1. The van der Waals surface area contributed by atoms with Crippen molar-refractivity contribution in [3.8, 4) is 0 Å². The first-order chi connectivity index (χ1) is 9.79. The number of rotatable bonds is 3. The highest BCUT2D eigenvalue weighted by atomic mass is 32.2. The van der Waals surface area contributed by atoms with Crippen molar-refractivity contribution in [2.45, 2.75) is 11.8 Å². The van der Waals surface area contributed by atoms with Gasteiger partial charge in [-0.2, -0.15) is 0 Å². The van der Waals surface area contributed by atoms with Crippen LogP contribution in [0.15, 0.2) is 47.4 Å². The molecule has 0 aliphatic heterocycles. The zero-order valence-electron chi connectivity index (χ0n) is 11.1. The number of sulfonamides is 1. The van der Waals surface area contributed by atoms with E-state index in [1.165, 1.54) is 30.3 Å². The first-order valence-electron chi connectivity index (χ1n) is 5.98. The molecule has 110 valence electrons. The molecule has 21 heavy (non-hydrogen) atoms. The third kappa shape index (κ3) is 3.45. The van der Waals surface area contributed by atoms with Crippen molar-refractivity contribution in [1.82, 2.24) is 0 Å². The minimum atomic E-state index is -3.95. The molecule has 0 bridgehead atoms. The van der Waals surface area contributed by atoms with Gasteiger partial charge in [-0.3, -0.25) is 4.79 Å². The van der Waals surface area contributed by atoms with Crippen molar-refractivity contribution < 1.29 is 17.6 Å². The standard InChI is InChI=1S/C14H13FN2O3S/c1-9-8-10(15)6-7-11(9)14(18)17-12-4-2-3-5-13(12)21(16,19)20/h2-8H,1H3,(H,17,18)(H2,16,19,20). The number of amides is 1. The number of hydrogen-bond donors (Lipinski definition) is 2. The first-order valence-corrected chi connectivity index (χ1v) is 7.53. The van der Waals surface area contributed by atoms with Gasteiger partial charge in [-0.15, -0.1) is 0 Å². The number of aryl methyl sites for hydroxylation is 1.